The quantitative estimate of drug-likeness (QED) is 0.585. The number of rotatable bonds is 2. The number of fused-ring (bicyclic) bond motifs is 1. The zero-order valence-corrected chi connectivity index (χ0v) is 13.1. The molecule has 11 heteroatoms. The lowest BCUT2D eigenvalue weighted by molar-refractivity contribution is -0.0500. The lowest BCUT2D eigenvalue weighted by Gasteiger charge is -2.21. The largest absolute Gasteiger partial charge is 0.534 e. The summed E-state index contributed by atoms with van der Waals surface area (Å²) in [6.45, 7) is 0. The molecule has 0 bridgehead atoms. The first-order valence-electron chi connectivity index (χ1n) is 6.57. The molecule has 6 nitrogen and oxygen atoms in total. The Bertz CT molecular complexity index is 851. The lowest BCUT2D eigenvalue weighted by atomic mass is 10.3. The summed E-state index contributed by atoms with van der Waals surface area (Å²) in [5.74, 6) is -0.854. The van der Waals surface area contributed by atoms with E-state index >= 15 is 0 Å². The molecule has 1 aliphatic carbocycles. The van der Waals surface area contributed by atoms with E-state index in [1.54, 1.807) is 0 Å². The van der Waals surface area contributed by atoms with Crippen molar-refractivity contribution in [2.45, 2.75) is 41.0 Å². The lowest BCUT2D eigenvalue weighted by Crippen LogP contribution is -2.36. The van der Waals surface area contributed by atoms with E-state index in [2.05, 4.69) is 4.18 Å². The van der Waals surface area contributed by atoms with Crippen LogP contribution in [0.3, 0.4) is 0 Å². The molecular formula is C12H11F3O6S2. The highest BCUT2D eigenvalue weighted by atomic mass is 32.2. The summed E-state index contributed by atoms with van der Waals surface area (Å²) < 4.78 is 93.4. The Morgan fingerprint density at radius 2 is 1.78 bits per heavy atom. The molecule has 1 aromatic rings. The molecule has 1 fully saturated rings. The Hall–Kier alpha value is -1.49. The van der Waals surface area contributed by atoms with E-state index in [1.807, 2.05) is 0 Å². The minimum atomic E-state index is -5.83. The fraction of sp³-hybridized carbons (Fsp3) is 0.500. The fourth-order valence-corrected chi connectivity index (χ4v) is 5.25. The first kappa shape index (κ1) is 16.4. The normalized spacial score (nSPS) is 21.9. The number of hydrogen-bond donors (Lipinski definition) is 0. The third kappa shape index (κ3) is 2.36. The van der Waals surface area contributed by atoms with Crippen LogP contribution in [0, 0.1) is 0 Å². The average molecular weight is 372 g/mol. The van der Waals surface area contributed by atoms with Crippen LogP contribution in [0.4, 0.5) is 13.2 Å². The molecule has 0 atom stereocenters. The van der Waals surface area contributed by atoms with Crippen LogP contribution in [0.15, 0.2) is 23.1 Å². The van der Waals surface area contributed by atoms with Crippen molar-refractivity contribution < 1.29 is 38.9 Å². The van der Waals surface area contributed by atoms with E-state index in [0.29, 0.717) is 12.8 Å². The van der Waals surface area contributed by atoms with Crippen LogP contribution in [0.5, 0.6) is 11.5 Å². The van der Waals surface area contributed by atoms with Crippen molar-refractivity contribution >= 4 is 20.0 Å². The summed E-state index contributed by atoms with van der Waals surface area (Å²) in [5, 5.41) is 0. The zero-order valence-electron chi connectivity index (χ0n) is 11.5. The Morgan fingerprint density at radius 3 is 2.35 bits per heavy atom. The summed E-state index contributed by atoms with van der Waals surface area (Å²) in [6, 6.07) is 2.71. The third-order valence-electron chi connectivity index (χ3n) is 3.85. The molecule has 0 amide bonds. The van der Waals surface area contributed by atoms with E-state index in [1.165, 1.54) is 0 Å². The number of hydrogen-bond acceptors (Lipinski definition) is 6. The molecule has 2 aliphatic rings. The zero-order chi connectivity index (χ0) is 17.1. The second kappa shape index (κ2) is 4.76. The Balaban J connectivity index is 1.98. The monoisotopic (exact) mass is 372 g/mol. The van der Waals surface area contributed by atoms with Gasteiger partial charge in [0.05, 0.1) is 0 Å². The molecule has 128 valence electrons. The van der Waals surface area contributed by atoms with Gasteiger partial charge in [0.15, 0.2) is 0 Å². The summed E-state index contributed by atoms with van der Waals surface area (Å²) in [7, 11) is -9.61. The van der Waals surface area contributed by atoms with Gasteiger partial charge in [0, 0.05) is 18.9 Å². The summed E-state index contributed by atoms with van der Waals surface area (Å²) in [6.07, 6.45) is 1.86. The van der Waals surface area contributed by atoms with Crippen molar-refractivity contribution in [2.75, 3.05) is 0 Å². The van der Waals surface area contributed by atoms with Gasteiger partial charge in [0.2, 0.25) is 14.8 Å². The van der Waals surface area contributed by atoms with Crippen LogP contribution >= 0.6 is 0 Å². The van der Waals surface area contributed by atoms with Gasteiger partial charge in [-0.15, -0.1) is 0 Å². The molecule has 0 saturated heterocycles. The van der Waals surface area contributed by atoms with Crippen LogP contribution in [0.2, 0.25) is 0 Å². The molecule has 1 aromatic carbocycles. The smallest absolute Gasteiger partial charge is 0.470 e. The Morgan fingerprint density at radius 1 is 1.17 bits per heavy atom. The van der Waals surface area contributed by atoms with Gasteiger partial charge >= 0.3 is 15.6 Å². The SMILES string of the molecule is O=S(=O)(Oc1ccc2c(c1)OC1(CCCC1)S2(=O)=O)C(F)(F)F. The van der Waals surface area contributed by atoms with Crippen LogP contribution in [0.25, 0.3) is 0 Å². The van der Waals surface area contributed by atoms with Crippen LogP contribution < -0.4 is 8.92 Å². The molecular weight excluding hydrogens is 361 g/mol. The maximum Gasteiger partial charge on any atom is 0.534 e. The third-order valence-corrected chi connectivity index (χ3v) is 7.21. The topological polar surface area (TPSA) is 86.7 Å². The molecule has 1 saturated carbocycles. The van der Waals surface area contributed by atoms with E-state index < -0.39 is 36.1 Å². The minimum Gasteiger partial charge on any atom is -0.470 e. The van der Waals surface area contributed by atoms with Crippen molar-refractivity contribution in [3.63, 3.8) is 0 Å². The summed E-state index contributed by atoms with van der Waals surface area (Å²) >= 11 is 0. The molecule has 0 aromatic heterocycles. The van der Waals surface area contributed by atoms with Gasteiger partial charge in [-0.25, -0.2) is 8.42 Å². The molecule has 1 aliphatic heterocycles. The summed E-state index contributed by atoms with van der Waals surface area (Å²) in [5.41, 5.74) is -5.58. The minimum absolute atomic E-state index is 0.170. The van der Waals surface area contributed by atoms with Gasteiger partial charge in [-0.1, -0.05) is 0 Å². The molecule has 1 heterocycles. The number of ether oxygens (including phenoxy) is 1. The standard InChI is InChI=1S/C12H11F3O6S2/c13-12(14,15)23(18,19)21-8-3-4-10-9(7-8)20-11(22(10,16)17)5-1-2-6-11/h3-4,7H,1-2,5-6H2. The van der Waals surface area contributed by atoms with E-state index in [4.69, 9.17) is 4.74 Å². The number of benzene rings is 1. The highest BCUT2D eigenvalue weighted by Crippen LogP contribution is 2.50. The molecule has 23 heavy (non-hydrogen) atoms. The Kier molecular flexibility index (Phi) is 3.39. The van der Waals surface area contributed by atoms with E-state index in [-0.39, 0.29) is 23.5 Å². The van der Waals surface area contributed by atoms with Crippen molar-refractivity contribution in [3.8, 4) is 11.5 Å². The van der Waals surface area contributed by atoms with Gasteiger partial charge in [-0.2, -0.15) is 21.6 Å². The Labute approximate surface area is 130 Å². The first-order chi connectivity index (χ1) is 10.5. The maximum absolute atomic E-state index is 12.5. The van der Waals surface area contributed by atoms with Crippen molar-refractivity contribution in [1.29, 1.82) is 0 Å². The van der Waals surface area contributed by atoms with Crippen LogP contribution in [0.1, 0.15) is 25.7 Å². The van der Waals surface area contributed by atoms with Gasteiger partial charge in [-0.05, 0) is 25.0 Å². The van der Waals surface area contributed by atoms with Crippen LogP contribution in [-0.2, 0) is 20.0 Å². The number of alkyl halides is 3. The van der Waals surface area contributed by atoms with Gasteiger partial charge in [0.1, 0.15) is 16.4 Å². The fourth-order valence-electron chi connectivity index (χ4n) is 2.76. The number of sulfone groups is 1. The van der Waals surface area contributed by atoms with Crippen molar-refractivity contribution in [2.24, 2.45) is 0 Å². The maximum atomic E-state index is 12.5. The predicted molar refractivity (Wildman–Crippen MR) is 71.1 cm³/mol. The average Bonchev–Trinajstić information content (AvgIpc) is 2.94. The summed E-state index contributed by atoms with van der Waals surface area (Å²) in [4.78, 5) is -1.58. The molecule has 0 radical (unpaired) electrons. The van der Waals surface area contributed by atoms with E-state index in [0.717, 1.165) is 18.2 Å². The van der Waals surface area contributed by atoms with Crippen molar-refractivity contribution in [3.05, 3.63) is 18.2 Å². The highest BCUT2D eigenvalue weighted by Gasteiger charge is 2.55. The molecule has 3 rings (SSSR count). The van der Waals surface area contributed by atoms with E-state index in [9.17, 15) is 30.0 Å². The van der Waals surface area contributed by atoms with Gasteiger partial charge in [0.25, 0.3) is 0 Å². The second-order valence-corrected chi connectivity index (χ2v) is 9.04. The van der Waals surface area contributed by atoms with Crippen molar-refractivity contribution in [1.82, 2.24) is 0 Å². The van der Waals surface area contributed by atoms with Gasteiger partial charge < -0.3 is 8.92 Å². The predicted octanol–water partition coefficient (Wildman–Crippen LogP) is 2.35. The van der Waals surface area contributed by atoms with Crippen LogP contribution in [-0.4, -0.2) is 27.3 Å². The molecule has 1 spiro atoms. The molecule has 0 N–H and O–H groups in total. The molecule has 0 unspecified atom stereocenters. The highest BCUT2D eigenvalue weighted by molar-refractivity contribution is 7.93. The number of halogens is 3. The van der Waals surface area contributed by atoms with Gasteiger partial charge in [-0.3, -0.25) is 0 Å². The second-order valence-electron chi connectivity index (χ2n) is 5.32. The first-order valence-corrected chi connectivity index (χ1v) is 9.46.